The molecule has 0 atom stereocenters. The fourth-order valence-electron chi connectivity index (χ4n) is 2.33. The first-order valence-electron chi connectivity index (χ1n) is 8.07. The van der Waals surface area contributed by atoms with E-state index in [9.17, 15) is 4.39 Å². The molecule has 3 aromatic rings. The molecule has 0 bridgehead atoms. The smallest absolute Gasteiger partial charge is 0.245 e. The number of rotatable bonds is 8. The van der Waals surface area contributed by atoms with Crippen LogP contribution in [0.3, 0.4) is 0 Å². The van der Waals surface area contributed by atoms with Crippen molar-refractivity contribution in [1.29, 1.82) is 0 Å². The molecule has 0 aliphatic carbocycles. The maximum Gasteiger partial charge on any atom is 0.245 e. The monoisotopic (exact) mass is 358 g/mol. The van der Waals surface area contributed by atoms with E-state index in [0.717, 1.165) is 5.56 Å². The predicted octanol–water partition coefficient (Wildman–Crippen LogP) is 2.45. The number of benzene rings is 1. The molecule has 0 unspecified atom stereocenters. The molecule has 3 rings (SSSR count). The molecule has 0 saturated heterocycles. The van der Waals surface area contributed by atoms with Crippen molar-refractivity contribution in [2.24, 2.45) is 0 Å². The van der Waals surface area contributed by atoms with Crippen LogP contribution in [0.5, 0.6) is 5.88 Å². The maximum absolute atomic E-state index is 13.1. The van der Waals surface area contributed by atoms with E-state index < -0.39 is 0 Å². The normalized spacial score (nSPS) is 11.0. The molecule has 26 heavy (non-hydrogen) atoms. The summed E-state index contributed by atoms with van der Waals surface area (Å²) in [5, 5.41) is 0. The van der Waals surface area contributed by atoms with Gasteiger partial charge in [-0.15, -0.1) is 0 Å². The van der Waals surface area contributed by atoms with Crippen LogP contribution in [0.15, 0.2) is 36.4 Å². The Morgan fingerprint density at radius 3 is 2.46 bits per heavy atom. The molecule has 0 saturated carbocycles. The van der Waals surface area contributed by atoms with E-state index in [-0.39, 0.29) is 24.3 Å². The van der Waals surface area contributed by atoms with Gasteiger partial charge in [0.05, 0.1) is 31.0 Å². The minimum Gasteiger partial charge on any atom is -0.474 e. The molecule has 0 radical (unpaired) electrons. The van der Waals surface area contributed by atoms with Crippen LogP contribution in [0.1, 0.15) is 0 Å². The standard InChI is InChI=1S/C18H19FN4O3/c1-24-8-9-25-10-11-26-17-16-15(22-18(20)23-17)7-6-14(21-16)12-2-4-13(19)5-3-12/h2-7H,8-11H2,1H3,(H2,20,22,23). The molecule has 1 aromatic carbocycles. The SMILES string of the molecule is COCCOCCOc1nc(N)nc2ccc(-c3ccc(F)cc3)nc12. The number of anilines is 1. The summed E-state index contributed by atoms with van der Waals surface area (Å²) in [6.07, 6.45) is 0. The average molecular weight is 358 g/mol. The summed E-state index contributed by atoms with van der Waals surface area (Å²) in [5.41, 5.74) is 8.23. The summed E-state index contributed by atoms with van der Waals surface area (Å²) in [4.78, 5) is 12.9. The van der Waals surface area contributed by atoms with Crippen LogP contribution in [0.4, 0.5) is 10.3 Å². The van der Waals surface area contributed by atoms with Gasteiger partial charge in [0.2, 0.25) is 11.8 Å². The van der Waals surface area contributed by atoms with E-state index in [1.165, 1.54) is 12.1 Å². The maximum atomic E-state index is 13.1. The second kappa shape index (κ2) is 8.50. The van der Waals surface area contributed by atoms with Crippen LogP contribution in [0.2, 0.25) is 0 Å². The van der Waals surface area contributed by atoms with Gasteiger partial charge in [-0.05, 0) is 36.4 Å². The molecule has 0 fully saturated rings. The van der Waals surface area contributed by atoms with Gasteiger partial charge < -0.3 is 19.9 Å². The molecule has 136 valence electrons. The van der Waals surface area contributed by atoms with Crippen molar-refractivity contribution < 1.29 is 18.6 Å². The Balaban J connectivity index is 1.82. The Morgan fingerprint density at radius 1 is 0.923 bits per heavy atom. The van der Waals surface area contributed by atoms with Gasteiger partial charge in [-0.2, -0.15) is 4.98 Å². The number of hydrogen-bond acceptors (Lipinski definition) is 7. The van der Waals surface area contributed by atoms with Gasteiger partial charge in [0.15, 0.2) is 5.52 Å². The molecule has 0 aliphatic rings. The highest BCUT2D eigenvalue weighted by Gasteiger charge is 2.11. The van der Waals surface area contributed by atoms with Crippen LogP contribution >= 0.6 is 0 Å². The summed E-state index contributed by atoms with van der Waals surface area (Å²) in [5.74, 6) is 0.0825. The van der Waals surface area contributed by atoms with Crippen molar-refractivity contribution in [1.82, 2.24) is 15.0 Å². The molecule has 2 aromatic heterocycles. The molecule has 8 heteroatoms. The van der Waals surface area contributed by atoms with E-state index in [2.05, 4.69) is 15.0 Å². The lowest BCUT2D eigenvalue weighted by Crippen LogP contribution is -2.11. The van der Waals surface area contributed by atoms with E-state index in [1.807, 2.05) is 0 Å². The Bertz CT molecular complexity index is 874. The van der Waals surface area contributed by atoms with Gasteiger partial charge in [-0.1, -0.05) is 0 Å². The lowest BCUT2D eigenvalue weighted by molar-refractivity contribution is 0.0539. The van der Waals surface area contributed by atoms with Crippen molar-refractivity contribution >= 4 is 17.0 Å². The number of pyridine rings is 1. The van der Waals surface area contributed by atoms with Crippen LogP contribution in [0, 0.1) is 5.82 Å². The second-order valence-electron chi connectivity index (χ2n) is 5.41. The van der Waals surface area contributed by atoms with Crippen molar-refractivity contribution in [3.8, 4) is 17.1 Å². The molecule has 2 N–H and O–H groups in total. The zero-order chi connectivity index (χ0) is 18.4. The number of halogens is 1. The van der Waals surface area contributed by atoms with Gasteiger partial charge in [-0.25, -0.2) is 14.4 Å². The Kier molecular flexibility index (Phi) is 5.88. The van der Waals surface area contributed by atoms with E-state index in [4.69, 9.17) is 19.9 Å². The number of aromatic nitrogens is 3. The highest BCUT2D eigenvalue weighted by atomic mass is 19.1. The molecular weight excluding hydrogens is 339 g/mol. The van der Waals surface area contributed by atoms with Crippen molar-refractivity contribution in [3.05, 3.63) is 42.2 Å². The third kappa shape index (κ3) is 4.41. The molecule has 0 amide bonds. The molecule has 0 aliphatic heterocycles. The summed E-state index contributed by atoms with van der Waals surface area (Å²) >= 11 is 0. The third-order valence-electron chi connectivity index (χ3n) is 3.57. The van der Waals surface area contributed by atoms with Crippen LogP contribution < -0.4 is 10.5 Å². The van der Waals surface area contributed by atoms with E-state index >= 15 is 0 Å². The topological polar surface area (TPSA) is 92.4 Å². The molecule has 7 nitrogen and oxygen atoms in total. The van der Waals surface area contributed by atoms with Gasteiger partial charge in [0.1, 0.15) is 12.4 Å². The lowest BCUT2D eigenvalue weighted by atomic mass is 10.1. The fraction of sp³-hybridized carbons (Fsp3) is 0.278. The second-order valence-corrected chi connectivity index (χ2v) is 5.41. The number of hydrogen-bond donors (Lipinski definition) is 1. The lowest BCUT2D eigenvalue weighted by Gasteiger charge is -2.10. The van der Waals surface area contributed by atoms with Crippen LogP contribution in [-0.2, 0) is 9.47 Å². The number of nitrogen functional groups attached to an aromatic ring is 1. The average Bonchev–Trinajstić information content (AvgIpc) is 2.64. The van der Waals surface area contributed by atoms with Crippen LogP contribution in [0.25, 0.3) is 22.3 Å². The number of nitrogens with zero attached hydrogens (tertiary/aromatic N) is 3. The van der Waals surface area contributed by atoms with Crippen molar-refractivity contribution in [3.63, 3.8) is 0 Å². The van der Waals surface area contributed by atoms with Gasteiger partial charge in [0.25, 0.3) is 0 Å². The minimum atomic E-state index is -0.303. The summed E-state index contributed by atoms with van der Waals surface area (Å²) in [6, 6.07) is 9.66. The Hall–Kier alpha value is -2.84. The zero-order valence-electron chi connectivity index (χ0n) is 14.3. The first-order valence-corrected chi connectivity index (χ1v) is 8.07. The van der Waals surface area contributed by atoms with Crippen molar-refractivity contribution in [2.75, 3.05) is 39.3 Å². The van der Waals surface area contributed by atoms with Crippen molar-refractivity contribution in [2.45, 2.75) is 0 Å². The summed E-state index contributed by atoms with van der Waals surface area (Å²) in [7, 11) is 1.61. The highest BCUT2D eigenvalue weighted by Crippen LogP contribution is 2.26. The molecule has 2 heterocycles. The third-order valence-corrected chi connectivity index (χ3v) is 3.57. The summed E-state index contributed by atoms with van der Waals surface area (Å²) < 4.78 is 29.1. The highest BCUT2D eigenvalue weighted by molar-refractivity contribution is 5.83. The Labute approximate surface area is 149 Å². The Morgan fingerprint density at radius 2 is 1.69 bits per heavy atom. The number of nitrogens with two attached hydrogens (primary N) is 1. The fourth-order valence-corrected chi connectivity index (χ4v) is 2.33. The quantitative estimate of drug-likeness (QED) is 0.618. The van der Waals surface area contributed by atoms with Gasteiger partial charge >= 0.3 is 0 Å². The number of ether oxygens (including phenoxy) is 3. The predicted molar refractivity (Wildman–Crippen MR) is 95.3 cm³/mol. The number of methoxy groups -OCH3 is 1. The van der Waals surface area contributed by atoms with Gasteiger partial charge in [0, 0.05) is 12.7 Å². The number of fused-ring (bicyclic) bond motifs is 1. The molecule has 0 spiro atoms. The largest absolute Gasteiger partial charge is 0.474 e. The van der Waals surface area contributed by atoms with Crippen LogP contribution in [-0.4, -0.2) is 48.5 Å². The molecular formula is C18H19FN4O3. The van der Waals surface area contributed by atoms with Gasteiger partial charge in [-0.3, -0.25) is 0 Å². The van der Waals surface area contributed by atoms with E-state index in [0.29, 0.717) is 36.5 Å². The first-order chi connectivity index (χ1) is 12.7. The first kappa shape index (κ1) is 18.0. The minimum absolute atomic E-state index is 0.101. The summed E-state index contributed by atoms with van der Waals surface area (Å²) in [6.45, 7) is 1.68. The zero-order valence-corrected chi connectivity index (χ0v) is 14.3. The van der Waals surface area contributed by atoms with E-state index in [1.54, 1.807) is 31.4 Å².